The second kappa shape index (κ2) is 9.16. The molecular formula is C18H22ClN3O3S2. The van der Waals surface area contributed by atoms with Gasteiger partial charge in [-0.25, -0.2) is 8.42 Å². The summed E-state index contributed by atoms with van der Waals surface area (Å²) in [5, 5.41) is 2.87. The number of hydrogen-bond donors (Lipinski definition) is 1. The minimum Gasteiger partial charge on any atom is -0.350 e. The maximum absolute atomic E-state index is 12.6. The van der Waals surface area contributed by atoms with Crippen molar-refractivity contribution in [2.75, 3.05) is 32.7 Å². The molecule has 0 atom stereocenters. The van der Waals surface area contributed by atoms with Gasteiger partial charge in [-0.15, -0.1) is 11.3 Å². The zero-order valence-electron chi connectivity index (χ0n) is 14.8. The van der Waals surface area contributed by atoms with Gasteiger partial charge in [0.2, 0.25) is 15.9 Å². The minimum absolute atomic E-state index is 0.0116. The van der Waals surface area contributed by atoms with Crippen molar-refractivity contribution in [2.24, 2.45) is 0 Å². The molecule has 0 aliphatic carbocycles. The number of rotatable bonds is 7. The molecule has 1 aromatic heterocycles. The Morgan fingerprint density at radius 1 is 1.07 bits per heavy atom. The number of sulfonamides is 1. The van der Waals surface area contributed by atoms with Crippen LogP contribution in [0.2, 0.25) is 4.34 Å². The first kappa shape index (κ1) is 20.3. The average molecular weight is 428 g/mol. The van der Waals surface area contributed by atoms with Crippen molar-refractivity contribution in [1.82, 2.24) is 14.5 Å². The molecule has 2 aromatic rings. The lowest BCUT2D eigenvalue weighted by molar-refractivity contribution is -0.122. The molecule has 9 heteroatoms. The molecule has 0 saturated carbocycles. The molecule has 146 valence electrons. The van der Waals surface area contributed by atoms with Gasteiger partial charge in [0.1, 0.15) is 0 Å². The largest absolute Gasteiger partial charge is 0.350 e. The summed E-state index contributed by atoms with van der Waals surface area (Å²) in [4.78, 5) is 15.1. The zero-order chi connectivity index (χ0) is 19.3. The van der Waals surface area contributed by atoms with E-state index < -0.39 is 10.0 Å². The molecular weight excluding hydrogens is 406 g/mol. The van der Waals surface area contributed by atoms with Crippen molar-refractivity contribution >= 4 is 38.9 Å². The molecule has 0 spiro atoms. The first-order chi connectivity index (χ1) is 12.9. The van der Waals surface area contributed by atoms with E-state index in [9.17, 15) is 13.2 Å². The van der Waals surface area contributed by atoms with E-state index in [1.165, 1.54) is 15.6 Å². The van der Waals surface area contributed by atoms with Gasteiger partial charge < -0.3 is 5.32 Å². The Labute approximate surface area is 168 Å². The molecule has 0 radical (unpaired) electrons. The second-order valence-electron chi connectivity index (χ2n) is 6.40. The quantitative estimate of drug-likeness (QED) is 0.735. The van der Waals surface area contributed by atoms with Gasteiger partial charge in [0, 0.05) is 31.1 Å². The molecule has 1 N–H and O–H groups in total. The summed E-state index contributed by atoms with van der Waals surface area (Å²) in [6, 6.07) is 12.9. The van der Waals surface area contributed by atoms with Crippen molar-refractivity contribution in [1.29, 1.82) is 0 Å². The third-order valence-corrected chi connectivity index (χ3v) is 7.45. The van der Waals surface area contributed by atoms with E-state index in [0.717, 1.165) is 10.4 Å². The van der Waals surface area contributed by atoms with Crippen LogP contribution in [0.4, 0.5) is 0 Å². The predicted octanol–water partition coefficient (Wildman–Crippen LogP) is 2.17. The van der Waals surface area contributed by atoms with Crippen LogP contribution < -0.4 is 5.32 Å². The number of amides is 1. The van der Waals surface area contributed by atoms with Gasteiger partial charge in [0.05, 0.1) is 23.2 Å². The standard InChI is InChI=1S/C18H22ClN3O3S2/c19-17-7-6-16(26-17)12-20-18(23)13-21-8-10-22(11-9-21)27(24,25)14-15-4-2-1-3-5-15/h1-7H,8-14H2,(H,20,23). The number of nitrogens with zero attached hydrogens (tertiary/aromatic N) is 2. The Morgan fingerprint density at radius 3 is 2.41 bits per heavy atom. The lowest BCUT2D eigenvalue weighted by Crippen LogP contribution is -2.51. The maximum atomic E-state index is 12.6. The highest BCUT2D eigenvalue weighted by atomic mass is 35.5. The van der Waals surface area contributed by atoms with Crippen molar-refractivity contribution in [2.45, 2.75) is 12.3 Å². The average Bonchev–Trinajstić information content (AvgIpc) is 3.06. The monoisotopic (exact) mass is 427 g/mol. The first-order valence-electron chi connectivity index (χ1n) is 8.67. The van der Waals surface area contributed by atoms with E-state index >= 15 is 0 Å². The molecule has 0 bridgehead atoms. The van der Waals surface area contributed by atoms with Gasteiger partial charge in [-0.2, -0.15) is 4.31 Å². The lowest BCUT2D eigenvalue weighted by Gasteiger charge is -2.33. The summed E-state index contributed by atoms with van der Waals surface area (Å²) in [7, 11) is -3.34. The molecule has 1 fully saturated rings. The highest BCUT2D eigenvalue weighted by Crippen LogP contribution is 2.21. The van der Waals surface area contributed by atoms with Crippen LogP contribution in [-0.2, 0) is 27.1 Å². The highest BCUT2D eigenvalue weighted by Gasteiger charge is 2.27. The lowest BCUT2D eigenvalue weighted by atomic mass is 10.2. The molecule has 1 aliphatic heterocycles. The van der Waals surface area contributed by atoms with E-state index in [2.05, 4.69) is 5.32 Å². The number of hydrogen-bond acceptors (Lipinski definition) is 5. The van der Waals surface area contributed by atoms with Crippen LogP contribution >= 0.6 is 22.9 Å². The Kier molecular flexibility index (Phi) is 6.88. The van der Waals surface area contributed by atoms with Crippen molar-refractivity contribution < 1.29 is 13.2 Å². The van der Waals surface area contributed by atoms with Crippen molar-refractivity contribution in [3.8, 4) is 0 Å². The zero-order valence-corrected chi connectivity index (χ0v) is 17.2. The number of carbonyl (C=O) groups excluding carboxylic acids is 1. The number of halogens is 1. The number of benzene rings is 1. The van der Waals surface area contributed by atoms with Crippen LogP contribution in [-0.4, -0.2) is 56.3 Å². The van der Waals surface area contributed by atoms with E-state index in [4.69, 9.17) is 11.6 Å². The Balaban J connectivity index is 1.43. The summed E-state index contributed by atoms with van der Waals surface area (Å²) in [6.07, 6.45) is 0. The second-order valence-corrected chi connectivity index (χ2v) is 10.2. The number of piperazine rings is 1. The fraction of sp³-hybridized carbons (Fsp3) is 0.389. The van der Waals surface area contributed by atoms with E-state index in [0.29, 0.717) is 37.1 Å². The Bertz CT molecular complexity index is 863. The molecule has 1 amide bonds. The third kappa shape index (κ3) is 6.02. The summed E-state index contributed by atoms with van der Waals surface area (Å²) >= 11 is 7.32. The summed E-state index contributed by atoms with van der Waals surface area (Å²) < 4.78 is 27.3. The smallest absolute Gasteiger partial charge is 0.234 e. The van der Waals surface area contributed by atoms with Gasteiger partial charge in [0.25, 0.3) is 0 Å². The third-order valence-electron chi connectivity index (χ3n) is 4.37. The molecule has 27 heavy (non-hydrogen) atoms. The Morgan fingerprint density at radius 2 is 1.78 bits per heavy atom. The molecule has 1 saturated heterocycles. The number of carbonyl (C=O) groups is 1. The molecule has 0 unspecified atom stereocenters. The SMILES string of the molecule is O=C(CN1CCN(S(=O)(=O)Cc2ccccc2)CC1)NCc1ccc(Cl)s1. The van der Waals surface area contributed by atoms with Crippen LogP contribution in [0.1, 0.15) is 10.4 Å². The summed E-state index contributed by atoms with van der Waals surface area (Å²) in [5.74, 6) is -0.0577. The van der Waals surface area contributed by atoms with Crippen LogP contribution in [0.3, 0.4) is 0 Å². The topological polar surface area (TPSA) is 69.7 Å². The van der Waals surface area contributed by atoms with Crippen molar-refractivity contribution in [3.63, 3.8) is 0 Å². The normalized spacial score (nSPS) is 16.3. The van der Waals surface area contributed by atoms with Crippen LogP contribution in [0.5, 0.6) is 0 Å². The maximum Gasteiger partial charge on any atom is 0.234 e. The number of nitrogens with one attached hydrogen (secondary N) is 1. The van der Waals surface area contributed by atoms with E-state index in [-0.39, 0.29) is 18.2 Å². The van der Waals surface area contributed by atoms with Crippen LogP contribution in [0.15, 0.2) is 42.5 Å². The van der Waals surface area contributed by atoms with Crippen molar-refractivity contribution in [3.05, 3.63) is 57.2 Å². The Hall–Kier alpha value is -1.45. The molecule has 2 heterocycles. The fourth-order valence-corrected chi connectivity index (χ4v) is 5.48. The molecule has 3 rings (SSSR count). The highest BCUT2D eigenvalue weighted by molar-refractivity contribution is 7.88. The molecule has 1 aliphatic rings. The fourth-order valence-electron chi connectivity index (χ4n) is 2.93. The predicted molar refractivity (Wildman–Crippen MR) is 108 cm³/mol. The summed E-state index contributed by atoms with van der Waals surface area (Å²) in [6.45, 7) is 2.64. The van der Waals surface area contributed by atoms with Gasteiger partial charge in [-0.3, -0.25) is 9.69 Å². The van der Waals surface area contributed by atoms with Crippen LogP contribution in [0.25, 0.3) is 0 Å². The summed E-state index contributed by atoms with van der Waals surface area (Å²) in [5.41, 5.74) is 0.785. The first-order valence-corrected chi connectivity index (χ1v) is 11.5. The van der Waals surface area contributed by atoms with E-state index in [1.807, 2.05) is 47.4 Å². The molecule has 6 nitrogen and oxygen atoms in total. The number of thiophene rings is 1. The minimum atomic E-state index is -3.34. The van der Waals surface area contributed by atoms with Gasteiger partial charge in [0.15, 0.2) is 0 Å². The van der Waals surface area contributed by atoms with Gasteiger partial charge >= 0.3 is 0 Å². The van der Waals surface area contributed by atoms with Gasteiger partial charge in [-0.1, -0.05) is 41.9 Å². The van der Waals surface area contributed by atoms with Gasteiger partial charge in [-0.05, 0) is 17.7 Å². The van der Waals surface area contributed by atoms with E-state index in [1.54, 1.807) is 0 Å². The molecule has 1 aromatic carbocycles. The van der Waals surface area contributed by atoms with Crippen LogP contribution in [0, 0.1) is 0 Å².